The number of nitrogens with zero attached hydrogens (tertiary/aromatic N) is 3. The zero-order valence-electron chi connectivity index (χ0n) is 11.7. The van der Waals surface area contributed by atoms with E-state index in [-0.39, 0.29) is 0 Å². The molecule has 0 atom stereocenters. The van der Waals surface area contributed by atoms with Gasteiger partial charge in [-0.15, -0.1) is 10.2 Å². The summed E-state index contributed by atoms with van der Waals surface area (Å²) in [5, 5.41) is 8.48. The average Bonchev–Trinajstić information content (AvgIpc) is 2.79. The summed E-state index contributed by atoms with van der Waals surface area (Å²) in [5.74, 6) is 2.49. The maximum Gasteiger partial charge on any atom is 0.146 e. The number of hydrogen-bond donors (Lipinski definition) is 1. The van der Waals surface area contributed by atoms with Gasteiger partial charge in [-0.3, -0.25) is 0 Å². The molecule has 0 unspecified atom stereocenters. The first-order valence-corrected chi connectivity index (χ1v) is 6.85. The third kappa shape index (κ3) is 3.64. The van der Waals surface area contributed by atoms with Crippen molar-refractivity contribution in [1.82, 2.24) is 14.8 Å². The fourth-order valence-corrected chi connectivity index (χ4v) is 2.19. The van der Waals surface area contributed by atoms with Crippen molar-refractivity contribution in [1.29, 1.82) is 0 Å². The van der Waals surface area contributed by atoms with Crippen LogP contribution in [0.25, 0.3) is 0 Å². The van der Waals surface area contributed by atoms with Gasteiger partial charge in [-0.25, -0.2) is 0 Å². The molecule has 2 rings (SSSR count). The minimum atomic E-state index is 0.449. The quantitative estimate of drug-likeness (QED) is 0.864. The highest BCUT2D eigenvalue weighted by atomic mass is 15.3. The van der Waals surface area contributed by atoms with Crippen LogP contribution in [0.4, 0.5) is 0 Å². The summed E-state index contributed by atoms with van der Waals surface area (Å²) in [6.07, 6.45) is 1.89. The Kier molecular flexibility index (Phi) is 4.68. The van der Waals surface area contributed by atoms with Gasteiger partial charge in [0.2, 0.25) is 0 Å². The molecule has 0 aliphatic carbocycles. The van der Waals surface area contributed by atoms with Crippen molar-refractivity contribution in [3.05, 3.63) is 47.5 Å². The Balaban J connectivity index is 2.09. The zero-order chi connectivity index (χ0) is 13.7. The van der Waals surface area contributed by atoms with Gasteiger partial charge in [0.05, 0.1) is 6.54 Å². The Labute approximate surface area is 114 Å². The molecule has 1 aromatic heterocycles. The van der Waals surface area contributed by atoms with Gasteiger partial charge in [-0.1, -0.05) is 44.2 Å². The standard InChI is InChI=1S/C15H22N4/c1-12(2)11-19-14(17-18-15(19)10-16)9-8-13-6-4-3-5-7-13/h3-7,12H,8-11,16H2,1-2H3. The van der Waals surface area contributed by atoms with Crippen LogP contribution in [0.15, 0.2) is 30.3 Å². The Bertz CT molecular complexity index is 502. The van der Waals surface area contributed by atoms with Gasteiger partial charge in [-0.05, 0) is 17.9 Å². The lowest BCUT2D eigenvalue weighted by molar-refractivity contribution is 0.491. The highest BCUT2D eigenvalue weighted by molar-refractivity contribution is 5.15. The van der Waals surface area contributed by atoms with Crippen LogP contribution in [0.1, 0.15) is 31.1 Å². The van der Waals surface area contributed by atoms with E-state index in [1.165, 1.54) is 5.56 Å². The summed E-state index contributed by atoms with van der Waals surface area (Å²) < 4.78 is 2.17. The number of rotatable bonds is 6. The summed E-state index contributed by atoms with van der Waals surface area (Å²) in [4.78, 5) is 0. The van der Waals surface area contributed by atoms with Gasteiger partial charge in [0, 0.05) is 13.0 Å². The molecule has 1 aromatic carbocycles. The highest BCUT2D eigenvalue weighted by Crippen LogP contribution is 2.10. The Morgan fingerprint density at radius 2 is 1.74 bits per heavy atom. The van der Waals surface area contributed by atoms with Crippen LogP contribution >= 0.6 is 0 Å². The molecule has 4 nitrogen and oxygen atoms in total. The lowest BCUT2D eigenvalue weighted by Crippen LogP contribution is -2.15. The minimum Gasteiger partial charge on any atom is -0.324 e. The summed E-state index contributed by atoms with van der Waals surface area (Å²) in [6, 6.07) is 10.5. The maximum atomic E-state index is 5.72. The second kappa shape index (κ2) is 6.48. The number of aromatic nitrogens is 3. The van der Waals surface area contributed by atoms with Crippen molar-refractivity contribution < 1.29 is 0 Å². The van der Waals surface area contributed by atoms with Crippen LogP contribution in [-0.4, -0.2) is 14.8 Å². The Morgan fingerprint density at radius 3 is 2.37 bits per heavy atom. The van der Waals surface area contributed by atoms with Gasteiger partial charge in [-0.2, -0.15) is 0 Å². The van der Waals surface area contributed by atoms with Crippen LogP contribution in [0.2, 0.25) is 0 Å². The SMILES string of the molecule is CC(C)Cn1c(CN)nnc1CCc1ccccc1. The molecule has 0 saturated carbocycles. The largest absolute Gasteiger partial charge is 0.324 e. The number of nitrogens with two attached hydrogens (primary N) is 1. The molecule has 0 amide bonds. The van der Waals surface area contributed by atoms with E-state index in [0.717, 1.165) is 31.0 Å². The van der Waals surface area contributed by atoms with E-state index in [2.05, 4.69) is 52.9 Å². The van der Waals surface area contributed by atoms with Gasteiger partial charge in [0.1, 0.15) is 11.6 Å². The van der Waals surface area contributed by atoms with Gasteiger partial charge in [0.25, 0.3) is 0 Å². The van der Waals surface area contributed by atoms with Crippen LogP contribution < -0.4 is 5.73 Å². The van der Waals surface area contributed by atoms with Crippen molar-refractivity contribution in [3.63, 3.8) is 0 Å². The average molecular weight is 258 g/mol. The zero-order valence-corrected chi connectivity index (χ0v) is 11.7. The van der Waals surface area contributed by atoms with E-state index < -0.39 is 0 Å². The monoisotopic (exact) mass is 258 g/mol. The molecule has 0 saturated heterocycles. The van der Waals surface area contributed by atoms with Gasteiger partial charge in [0.15, 0.2) is 0 Å². The van der Waals surface area contributed by atoms with Crippen molar-refractivity contribution in [2.75, 3.05) is 0 Å². The molecule has 0 aliphatic heterocycles. The first-order valence-electron chi connectivity index (χ1n) is 6.85. The highest BCUT2D eigenvalue weighted by Gasteiger charge is 2.11. The molecular weight excluding hydrogens is 236 g/mol. The molecule has 2 N–H and O–H groups in total. The van der Waals surface area contributed by atoms with E-state index >= 15 is 0 Å². The van der Waals surface area contributed by atoms with Crippen LogP contribution in [0.3, 0.4) is 0 Å². The number of aryl methyl sites for hydroxylation is 2. The minimum absolute atomic E-state index is 0.449. The lowest BCUT2D eigenvalue weighted by atomic mass is 10.1. The van der Waals surface area contributed by atoms with Gasteiger partial charge < -0.3 is 10.3 Å². The van der Waals surface area contributed by atoms with E-state index in [9.17, 15) is 0 Å². The molecule has 0 fully saturated rings. The second-order valence-electron chi connectivity index (χ2n) is 5.23. The smallest absolute Gasteiger partial charge is 0.146 e. The summed E-state index contributed by atoms with van der Waals surface area (Å²) in [6.45, 7) is 5.78. The third-order valence-corrected chi connectivity index (χ3v) is 3.11. The molecule has 102 valence electrons. The maximum absolute atomic E-state index is 5.72. The topological polar surface area (TPSA) is 56.7 Å². The van der Waals surface area contributed by atoms with E-state index in [4.69, 9.17) is 5.73 Å². The van der Waals surface area contributed by atoms with E-state index in [0.29, 0.717) is 12.5 Å². The van der Waals surface area contributed by atoms with Gasteiger partial charge >= 0.3 is 0 Å². The number of benzene rings is 1. The Hall–Kier alpha value is -1.68. The van der Waals surface area contributed by atoms with Crippen molar-refractivity contribution in [2.45, 2.75) is 39.8 Å². The molecule has 1 heterocycles. The molecular formula is C15H22N4. The normalized spacial score (nSPS) is 11.2. The first-order chi connectivity index (χ1) is 9.20. The predicted molar refractivity (Wildman–Crippen MR) is 76.6 cm³/mol. The lowest BCUT2D eigenvalue weighted by Gasteiger charge is -2.12. The van der Waals surface area contributed by atoms with Crippen LogP contribution in [0, 0.1) is 5.92 Å². The first kappa shape index (κ1) is 13.7. The van der Waals surface area contributed by atoms with E-state index in [1.54, 1.807) is 0 Å². The molecule has 0 spiro atoms. The van der Waals surface area contributed by atoms with Crippen molar-refractivity contribution in [2.24, 2.45) is 11.7 Å². The van der Waals surface area contributed by atoms with Crippen molar-refractivity contribution in [3.8, 4) is 0 Å². The summed E-state index contributed by atoms with van der Waals surface area (Å²) in [7, 11) is 0. The third-order valence-electron chi connectivity index (χ3n) is 3.11. The fourth-order valence-electron chi connectivity index (χ4n) is 2.19. The summed E-state index contributed by atoms with van der Waals surface area (Å²) in [5.41, 5.74) is 7.05. The molecule has 2 aromatic rings. The predicted octanol–water partition coefficient (Wildman–Crippen LogP) is 2.18. The molecule has 0 radical (unpaired) electrons. The second-order valence-corrected chi connectivity index (χ2v) is 5.23. The molecule has 19 heavy (non-hydrogen) atoms. The fraction of sp³-hybridized carbons (Fsp3) is 0.467. The molecule has 4 heteroatoms. The van der Waals surface area contributed by atoms with Crippen molar-refractivity contribution >= 4 is 0 Å². The Morgan fingerprint density at radius 1 is 1.05 bits per heavy atom. The molecule has 0 bridgehead atoms. The van der Waals surface area contributed by atoms with E-state index in [1.807, 2.05) is 6.07 Å². The number of hydrogen-bond acceptors (Lipinski definition) is 3. The van der Waals surface area contributed by atoms with Crippen LogP contribution in [-0.2, 0) is 25.9 Å². The summed E-state index contributed by atoms with van der Waals surface area (Å²) >= 11 is 0. The van der Waals surface area contributed by atoms with Crippen LogP contribution in [0.5, 0.6) is 0 Å². The molecule has 0 aliphatic rings.